The standard InChI is InChI=1S/C17H25N3/c1-3-6-14-8-9-15(12-18)17(11-14)20(2)13-16-7-4-5-10-19-16/h4-5,7,10,14-15,17H,3,6,8-9,11,13H2,1-2H3. The Morgan fingerprint density at radius 1 is 1.40 bits per heavy atom. The Morgan fingerprint density at radius 3 is 2.90 bits per heavy atom. The summed E-state index contributed by atoms with van der Waals surface area (Å²) in [4.78, 5) is 6.73. The summed E-state index contributed by atoms with van der Waals surface area (Å²) in [5.74, 6) is 0.970. The minimum atomic E-state index is 0.178. The van der Waals surface area contributed by atoms with Gasteiger partial charge in [-0.25, -0.2) is 0 Å². The van der Waals surface area contributed by atoms with Gasteiger partial charge in [0.2, 0.25) is 0 Å². The van der Waals surface area contributed by atoms with E-state index >= 15 is 0 Å². The van der Waals surface area contributed by atoms with Gasteiger partial charge in [-0.1, -0.05) is 25.8 Å². The SMILES string of the molecule is CCCC1CCC(C#N)C(N(C)Cc2ccccn2)C1. The van der Waals surface area contributed by atoms with E-state index in [4.69, 9.17) is 0 Å². The van der Waals surface area contributed by atoms with Crippen LogP contribution in [0.1, 0.15) is 44.7 Å². The van der Waals surface area contributed by atoms with Crippen molar-refractivity contribution in [1.29, 1.82) is 5.26 Å². The Bertz CT molecular complexity index is 437. The van der Waals surface area contributed by atoms with E-state index in [2.05, 4.69) is 36.0 Å². The Kier molecular flexibility index (Phi) is 5.55. The maximum absolute atomic E-state index is 9.40. The van der Waals surface area contributed by atoms with Crippen molar-refractivity contribution in [2.75, 3.05) is 7.05 Å². The highest BCUT2D eigenvalue weighted by Gasteiger charge is 2.32. The summed E-state index contributed by atoms with van der Waals surface area (Å²) < 4.78 is 0. The molecule has 1 saturated carbocycles. The van der Waals surface area contributed by atoms with Gasteiger partial charge in [0.1, 0.15) is 0 Å². The van der Waals surface area contributed by atoms with Crippen LogP contribution in [0.3, 0.4) is 0 Å². The molecule has 3 atom stereocenters. The molecule has 0 spiro atoms. The monoisotopic (exact) mass is 271 g/mol. The van der Waals surface area contributed by atoms with Crippen molar-refractivity contribution >= 4 is 0 Å². The van der Waals surface area contributed by atoms with Gasteiger partial charge in [-0.2, -0.15) is 5.26 Å². The maximum atomic E-state index is 9.40. The van der Waals surface area contributed by atoms with Crippen LogP contribution in [0.4, 0.5) is 0 Å². The third-order valence-electron chi connectivity index (χ3n) is 4.49. The van der Waals surface area contributed by atoms with Crippen LogP contribution in [-0.4, -0.2) is 23.0 Å². The molecule has 1 aromatic heterocycles. The van der Waals surface area contributed by atoms with Crippen LogP contribution in [0.25, 0.3) is 0 Å². The zero-order valence-corrected chi connectivity index (χ0v) is 12.6. The summed E-state index contributed by atoms with van der Waals surface area (Å²) in [6.07, 6.45) is 7.82. The lowest BCUT2D eigenvalue weighted by Crippen LogP contribution is -2.41. The Balaban J connectivity index is 2.01. The van der Waals surface area contributed by atoms with Crippen molar-refractivity contribution in [3.8, 4) is 6.07 Å². The fourth-order valence-corrected chi connectivity index (χ4v) is 3.40. The summed E-state index contributed by atoms with van der Waals surface area (Å²) in [6, 6.07) is 8.93. The van der Waals surface area contributed by atoms with E-state index in [1.807, 2.05) is 18.3 Å². The Hall–Kier alpha value is -1.40. The van der Waals surface area contributed by atoms with Crippen molar-refractivity contribution in [2.24, 2.45) is 11.8 Å². The molecular weight excluding hydrogens is 246 g/mol. The molecule has 3 heteroatoms. The number of hydrogen-bond acceptors (Lipinski definition) is 3. The van der Waals surface area contributed by atoms with E-state index in [9.17, 15) is 5.26 Å². The Labute approximate surface area is 122 Å². The molecule has 108 valence electrons. The number of rotatable bonds is 5. The van der Waals surface area contributed by atoms with Gasteiger partial charge in [-0.15, -0.1) is 0 Å². The summed E-state index contributed by atoms with van der Waals surface area (Å²) >= 11 is 0. The second-order valence-electron chi connectivity index (χ2n) is 6.01. The molecule has 0 aliphatic heterocycles. The van der Waals surface area contributed by atoms with Crippen molar-refractivity contribution in [3.63, 3.8) is 0 Å². The molecule has 0 bridgehead atoms. The summed E-state index contributed by atoms with van der Waals surface area (Å²) in [5, 5.41) is 9.40. The van der Waals surface area contributed by atoms with Gasteiger partial charge in [0, 0.05) is 18.8 Å². The fraction of sp³-hybridized carbons (Fsp3) is 0.647. The molecule has 1 aliphatic carbocycles. The van der Waals surface area contributed by atoms with Gasteiger partial charge < -0.3 is 0 Å². The molecule has 0 N–H and O–H groups in total. The maximum Gasteiger partial charge on any atom is 0.0672 e. The van der Waals surface area contributed by atoms with Crippen molar-refractivity contribution in [2.45, 2.75) is 51.6 Å². The van der Waals surface area contributed by atoms with Gasteiger partial charge in [-0.05, 0) is 44.4 Å². The molecule has 0 radical (unpaired) electrons. The van der Waals surface area contributed by atoms with Gasteiger partial charge in [-0.3, -0.25) is 9.88 Å². The lowest BCUT2D eigenvalue weighted by molar-refractivity contribution is 0.115. The van der Waals surface area contributed by atoms with Crippen LogP contribution in [0, 0.1) is 23.2 Å². The first-order chi connectivity index (χ1) is 9.74. The van der Waals surface area contributed by atoms with E-state index < -0.39 is 0 Å². The largest absolute Gasteiger partial charge is 0.296 e. The minimum Gasteiger partial charge on any atom is -0.296 e. The van der Waals surface area contributed by atoms with Crippen LogP contribution in [-0.2, 0) is 6.54 Å². The number of nitrogens with zero attached hydrogens (tertiary/aromatic N) is 3. The predicted molar refractivity (Wildman–Crippen MR) is 80.8 cm³/mol. The average molecular weight is 271 g/mol. The second kappa shape index (κ2) is 7.40. The van der Waals surface area contributed by atoms with E-state index in [1.165, 1.54) is 19.3 Å². The van der Waals surface area contributed by atoms with E-state index in [0.717, 1.165) is 31.0 Å². The molecule has 1 fully saturated rings. The van der Waals surface area contributed by atoms with Crippen LogP contribution in [0.15, 0.2) is 24.4 Å². The molecular formula is C17H25N3. The van der Waals surface area contributed by atoms with E-state index in [0.29, 0.717) is 6.04 Å². The highest BCUT2D eigenvalue weighted by atomic mass is 15.1. The quantitative estimate of drug-likeness (QED) is 0.821. The van der Waals surface area contributed by atoms with Crippen molar-refractivity contribution < 1.29 is 0 Å². The van der Waals surface area contributed by atoms with Gasteiger partial charge >= 0.3 is 0 Å². The smallest absolute Gasteiger partial charge is 0.0672 e. The summed E-state index contributed by atoms with van der Waals surface area (Å²) in [7, 11) is 2.14. The molecule has 3 unspecified atom stereocenters. The predicted octanol–water partition coefficient (Wildman–Crippen LogP) is 3.62. The normalized spacial score (nSPS) is 26.4. The van der Waals surface area contributed by atoms with E-state index in [1.54, 1.807) is 0 Å². The highest BCUT2D eigenvalue weighted by molar-refractivity contribution is 5.05. The third-order valence-corrected chi connectivity index (χ3v) is 4.49. The fourth-order valence-electron chi connectivity index (χ4n) is 3.40. The number of hydrogen-bond donors (Lipinski definition) is 0. The lowest BCUT2D eigenvalue weighted by atomic mass is 9.76. The molecule has 1 aliphatic rings. The van der Waals surface area contributed by atoms with Crippen LogP contribution in [0.2, 0.25) is 0 Å². The third kappa shape index (κ3) is 3.80. The van der Waals surface area contributed by atoms with Crippen molar-refractivity contribution in [1.82, 2.24) is 9.88 Å². The molecule has 0 aromatic carbocycles. The average Bonchev–Trinajstić information content (AvgIpc) is 2.48. The minimum absolute atomic E-state index is 0.178. The topological polar surface area (TPSA) is 39.9 Å². The zero-order valence-electron chi connectivity index (χ0n) is 12.6. The Morgan fingerprint density at radius 2 is 2.25 bits per heavy atom. The molecule has 20 heavy (non-hydrogen) atoms. The van der Waals surface area contributed by atoms with Crippen molar-refractivity contribution in [3.05, 3.63) is 30.1 Å². The van der Waals surface area contributed by atoms with Gasteiger partial charge in [0.15, 0.2) is 0 Å². The molecule has 2 rings (SSSR count). The lowest BCUT2D eigenvalue weighted by Gasteiger charge is -2.38. The van der Waals surface area contributed by atoms with Gasteiger partial charge in [0.25, 0.3) is 0 Å². The second-order valence-corrected chi connectivity index (χ2v) is 6.01. The first-order valence-corrected chi connectivity index (χ1v) is 7.74. The first-order valence-electron chi connectivity index (χ1n) is 7.74. The van der Waals surface area contributed by atoms with Crippen LogP contribution < -0.4 is 0 Å². The highest BCUT2D eigenvalue weighted by Crippen LogP contribution is 2.34. The van der Waals surface area contributed by atoms with Crippen LogP contribution >= 0.6 is 0 Å². The molecule has 1 aromatic rings. The molecule has 0 saturated heterocycles. The zero-order chi connectivity index (χ0) is 14.4. The summed E-state index contributed by atoms with van der Waals surface area (Å²) in [6.45, 7) is 3.09. The van der Waals surface area contributed by atoms with Crippen LogP contribution in [0.5, 0.6) is 0 Å². The van der Waals surface area contributed by atoms with Gasteiger partial charge in [0.05, 0.1) is 17.7 Å². The first kappa shape index (κ1) is 15.0. The molecule has 1 heterocycles. The molecule has 3 nitrogen and oxygen atoms in total. The summed E-state index contributed by atoms with van der Waals surface area (Å²) in [5.41, 5.74) is 1.09. The van der Waals surface area contributed by atoms with E-state index in [-0.39, 0.29) is 5.92 Å². The number of aromatic nitrogens is 1. The number of nitriles is 1. The molecule has 0 amide bonds. The number of pyridine rings is 1.